The van der Waals surface area contributed by atoms with Crippen LogP contribution in [0, 0.1) is 0 Å². The van der Waals surface area contributed by atoms with Gasteiger partial charge in [0, 0.05) is 29.7 Å². The van der Waals surface area contributed by atoms with Gasteiger partial charge in [-0.05, 0) is 37.1 Å². The van der Waals surface area contributed by atoms with Gasteiger partial charge in [-0.15, -0.1) is 0 Å². The number of pyridine rings is 1. The van der Waals surface area contributed by atoms with E-state index in [1.54, 1.807) is 13.3 Å². The maximum absolute atomic E-state index is 6.05. The molecular weight excluding hydrogens is 262 g/mol. The maximum atomic E-state index is 6.05. The van der Waals surface area contributed by atoms with Gasteiger partial charge in [-0.25, -0.2) is 0 Å². The summed E-state index contributed by atoms with van der Waals surface area (Å²) in [5.41, 5.74) is 9.03. The third-order valence-corrected chi connectivity index (χ3v) is 3.52. The fraction of sp³-hybridized carbons (Fsp3) is 0.353. The first-order valence-corrected chi connectivity index (χ1v) is 7.31. The van der Waals surface area contributed by atoms with Gasteiger partial charge in [0.1, 0.15) is 5.75 Å². The fourth-order valence-electron chi connectivity index (χ4n) is 2.39. The second-order valence-corrected chi connectivity index (χ2v) is 5.03. The normalized spacial score (nSPS) is 12.1. The van der Waals surface area contributed by atoms with E-state index in [-0.39, 0.29) is 6.04 Å². The molecule has 0 fully saturated rings. The van der Waals surface area contributed by atoms with Gasteiger partial charge in [0.05, 0.1) is 7.11 Å². The number of hydrogen-bond acceptors (Lipinski definition) is 4. The highest BCUT2D eigenvalue weighted by Gasteiger charge is 2.17. The molecule has 4 nitrogen and oxygen atoms in total. The van der Waals surface area contributed by atoms with Crippen LogP contribution in [-0.2, 0) is 6.42 Å². The van der Waals surface area contributed by atoms with Gasteiger partial charge in [0.15, 0.2) is 0 Å². The van der Waals surface area contributed by atoms with Gasteiger partial charge in [0.2, 0.25) is 0 Å². The van der Waals surface area contributed by atoms with Crippen LogP contribution in [0.2, 0.25) is 0 Å². The van der Waals surface area contributed by atoms with Crippen molar-refractivity contribution in [3.8, 4) is 5.75 Å². The zero-order valence-electron chi connectivity index (χ0n) is 12.7. The Labute approximate surface area is 126 Å². The lowest BCUT2D eigenvalue weighted by molar-refractivity contribution is 0.398. The first kappa shape index (κ1) is 15.3. The summed E-state index contributed by atoms with van der Waals surface area (Å²) in [6.45, 7) is 3.10. The van der Waals surface area contributed by atoms with Crippen LogP contribution in [-0.4, -0.2) is 18.6 Å². The Bertz CT molecular complexity index is 571. The van der Waals surface area contributed by atoms with Crippen LogP contribution in [0.4, 0.5) is 5.69 Å². The molecule has 21 heavy (non-hydrogen) atoms. The minimum absolute atomic E-state index is 0.160. The molecule has 3 N–H and O–H groups in total. The average molecular weight is 285 g/mol. The van der Waals surface area contributed by atoms with E-state index in [1.807, 2.05) is 30.5 Å². The van der Waals surface area contributed by atoms with E-state index in [1.165, 1.54) is 0 Å². The second-order valence-electron chi connectivity index (χ2n) is 5.03. The Morgan fingerprint density at radius 2 is 2.10 bits per heavy atom. The molecule has 1 unspecified atom stereocenters. The molecule has 2 rings (SSSR count). The smallest absolute Gasteiger partial charge is 0.123 e. The minimum atomic E-state index is 0.160. The van der Waals surface area contributed by atoms with Crippen LogP contribution in [0.25, 0.3) is 0 Å². The van der Waals surface area contributed by atoms with Gasteiger partial charge in [0.25, 0.3) is 0 Å². The van der Waals surface area contributed by atoms with E-state index < -0.39 is 0 Å². The van der Waals surface area contributed by atoms with Gasteiger partial charge in [-0.3, -0.25) is 4.98 Å². The molecule has 0 saturated carbocycles. The molecule has 1 heterocycles. The van der Waals surface area contributed by atoms with Crippen LogP contribution < -0.4 is 15.8 Å². The number of nitrogens with zero attached hydrogens (tertiary/aromatic N) is 1. The number of methoxy groups -OCH3 is 1. The largest absolute Gasteiger partial charge is 0.496 e. The van der Waals surface area contributed by atoms with Crippen molar-refractivity contribution < 1.29 is 4.74 Å². The highest BCUT2D eigenvalue weighted by atomic mass is 16.5. The lowest BCUT2D eigenvalue weighted by Crippen LogP contribution is -2.25. The number of rotatable bonds is 7. The zero-order valence-corrected chi connectivity index (χ0v) is 12.7. The highest BCUT2D eigenvalue weighted by molar-refractivity contribution is 5.46. The summed E-state index contributed by atoms with van der Waals surface area (Å²) in [6.07, 6.45) is 5.43. The first-order valence-electron chi connectivity index (χ1n) is 7.31. The summed E-state index contributed by atoms with van der Waals surface area (Å²) in [5, 5.41) is 3.57. The van der Waals surface area contributed by atoms with Crippen molar-refractivity contribution in [3.05, 3.63) is 53.9 Å². The van der Waals surface area contributed by atoms with E-state index >= 15 is 0 Å². The van der Waals surface area contributed by atoms with Gasteiger partial charge in [-0.1, -0.05) is 25.1 Å². The third-order valence-electron chi connectivity index (χ3n) is 3.52. The third kappa shape index (κ3) is 3.95. The van der Waals surface area contributed by atoms with Crippen molar-refractivity contribution in [2.24, 2.45) is 0 Å². The maximum Gasteiger partial charge on any atom is 0.123 e. The standard InChI is InChI=1S/C17H23N3O/c1-3-9-20-16(11-13-12-19-10-8-15(13)18)14-6-4-5-7-17(14)21-2/h4-8,10,12,16,20H,3,9,11H2,1-2H3,(H2,18,19). The average Bonchev–Trinajstić information content (AvgIpc) is 2.53. The van der Waals surface area contributed by atoms with Crippen molar-refractivity contribution in [1.82, 2.24) is 10.3 Å². The van der Waals surface area contributed by atoms with E-state index in [4.69, 9.17) is 10.5 Å². The molecule has 0 spiro atoms. The number of nitrogens with two attached hydrogens (primary N) is 1. The number of nitrogen functional groups attached to an aromatic ring is 1. The molecule has 0 radical (unpaired) electrons. The first-order chi connectivity index (χ1) is 10.3. The molecule has 2 aromatic rings. The summed E-state index contributed by atoms with van der Waals surface area (Å²) < 4.78 is 5.49. The summed E-state index contributed by atoms with van der Waals surface area (Å²) in [4.78, 5) is 4.18. The van der Waals surface area contributed by atoms with Crippen molar-refractivity contribution in [1.29, 1.82) is 0 Å². The Morgan fingerprint density at radius 3 is 2.81 bits per heavy atom. The van der Waals surface area contributed by atoms with Crippen molar-refractivity contribution in [3.63, 3.8) is 0 Å². The van der Waals surface area contributed by atoms with Crippen LogP contribution in [0.5, 0.6) is 5.75 Å². The minimum Gasteiger partial charge on any atom is -0.496 e. The topological polar surface area (TPSA) is 60.2 Å². The molecule has 112 valence electrons. The van der Waals surface area contributed by atoms with Crippen LogP contribution in [0.3, 0.4) is 0 Å². The summed E-state index contributed by atoms with van der Waals surface area (Å²) in [7, 11) is 1.70. The van der Waals surface area contributed by atoms with Crippen molar-refractivity contribution >= 4 is 5.69 Å². The summed E-state index contributed by atoms with van der Waals surface area (Å²) in [5.74, 6) is 0.897. The molecule has 1 aromatic heterocycles. The Kier molecular flexibility index (Phi) is 5.58. The molecular formula is C17H23N3O. The molecule has 1 aromatic carbocycles. The summed E-state index contributed by atoms with van der Waals surface area (Å²) in [6, 6.07) is 10.1. The number of nitrogens with one attached hydrogen (secondary N) is 1. The fourth-order valence-corrected chi connectivity index (χ4v) is 2.39. The van der Waals surface area contributed by atoms with E-state index in [9.17, 15) is 0 Å². The number of ether oxygens (including phenoxy) is 1. The SMILES string of the molecule is CCCNC(Cc1cnccc1N)c1ccccc1OC. The number of hydrogen-bond donors (Lipinski definition) is 2. The predicted octanol–water partition coefficient (Wildman–Crippen LogP) is 2.96. The van der Waals surface area contributed by atoms with Gasteiger partial charge < -0.3 is 15.8 Å². The van der Waals surface area contributed by atoms with Crippen LogP contribution in [0.15, 0.2) is 42.7 Å². The lowest BCUT2D eigenvalue weighted by atomic mass is 9.98. The molecule has 0 bridgehead atoms. The molecule has 4 heteroatoms. The summed E-state index contributed by atoms with van der Waals surface area (Å²) >= 11 is 0. The van der Waals surface area contributed by atoms with E-state index in [0.717, 1.165) is 42.0 Å². The Hall–Kier alpha value is -2.07. The second kappa shape index (κ2) is 7.64. The molecule has 0 aliphatic heterocycles. The van der Waals surface area contributed by atoms with Crippen molar-refractivity contribution in [2.45, 2.75) is 25.8 Å². The molecule has 0 aliphatic carbocycles. The highest BCUT2D eigenvalue weighted by Crippen LogP contribution is 2.28. The molecule has 0 saturated heterocycles. The number of benzene rings is 1. The number of para-hydroxylation sites is 1. The number of aromatic nitrogens is 1. The van der Waals surface area contributed by atoms with Gasteiger partial charge >= 0.3 is 0 Å². The monoisotopic (exact) mass is 285 g/mol. The van der Waals surface area contributed by atoms with Gasteiger partial charge in [-0.2, -0.15) is 0 Å². The van der Waals surface area contributed by atoms with Crippen LogP contribution in [0.1, 0.15) is 30.5 Å². The van der Waals surface area contributed by atoms with Crippen LogP contribution >= 0.6 is 0 Å². The lowest BCUT2D eigenvalue weighted by Gasteiger charge is -2.22. The Balaban J connectivity index is 2.28. The predicted molar refractivity (Wildman–Crippen MR) is 86.4 cm³/mol. The number of anilines is 1. The zero-order chi connectivity index (χ0) is 15.1. The molecule has 0 amide bonds. The molecule has 1 atom stereocenters. The van der Waals surface area contributed by atoms with Crippen molar-refractivity contribution in [2.75, 3.05) is 19.4 Å². The van der Waals surface area contributed by atoms with E-state index in [2.05, 4.69) is 23.3 Å². The quantitative estimate of drug-likeness (QED) is 0.821. The van der Waals surface area contributed by atoms with E-state index in [0.29, 0.717) is 0 Å². The molecule has 0 aliphatic rings. The Morgan fingerprint density at radius 1 is 1.29 bits per heavy atom.